The third-order valence-corrected chi connectivity index (χ3v) is 3.31. The molecule has 1 unspecified atom stereocenters. The molecule has 0 aliphatic rings. The van der Waals surface area contributed by atoms with Crippen LogP contribution in [0.3, 0.4) is 0 Å². The Morgan fingerprint density at radius 2 is 2.24 bits per heavy atom. The highest BCUT2D eigenvalue weighted by molar-refractivity contribution is 5.79. The van der Waals surface area contributed by atoms with Gasteiger partial charge in [0, 0.05) is 12.5 Å². The SMILES string of the molecule is O=CCC(C(=O)O)c1cc(-n2cnc3ccccc32)co1. The van der Waals surface area contributed by atoms with Crippen LogP contribution in [0.25, 0.3) is 16.7 Å². The van der Waals surface area contributed by atoms with E-state index in [0.29, 0.717) is 12.0 Å². The maximum Gasteiger partial charge on any atom is 0.314 e. The van der Waals surface area contributed by atoms with Gasteiger partial charge in [0.1, 0.15) is 30.6 Å². The number of aliphatic carboxylic acids is 1. The number of nitrogens with zero attached hydrogens (tertiary/aromatic N) is 2. The molecule has 106 valence electrons. The van der Waals surface area contributed by atoms with Gasteiger partial charge in [0.2, 0.25) is 0 Å². The van der Waals surface area contributed by atoms with E-state index in [0.717, 1.165) is 11.0 Å². The third-order valence-electron chi connectivity index (χ3n) is 3.31. The molecule has 1 atom stereocenters. The van der Waals surface area contributed by atoms with E-state index in [1.165, 1.54) is 6.26 Å². The number of carboxylic acids is 1. The number of hydrogen-bond acceptors (Lipinski definition) is 4. The first kappa shape index (κ1) is 13.1. The Labute approximate surface area is 119 Å². The smallest absolute Gasteiger partial charge is 0.314 e. The zero-order valence-electron chi connectivity index (χ0n) is 11.0. The van der Waals surface area contributed by atoms with Gasteiger partial charge in [-0.05, 0) is 12.1 Å². The van der Waals surface area contributed by atoms with Crippen molar-refractivity contribution in [2.75, 3.05) is 0 Å². The molecule has 0 saturated heterocycles. The number of benzene rings is 1. The molecule has 0 saturated carbocycles. The summed E-state index contributed by atoms with van der Waals surface area (Å²) < 4.78 is 7.13. The van der Waals surface area contributed by atoms with Crippen LogP contribution >= 0.6 is 0 Å². The summed E-state index contributed by atoms with van der Waals surface area (Å²) in [5, 5.41) is 9.13. The highest BCUT2D eigenvalue weighted by Crippen LogP contribution is 2.25. The van der Waals surface area contributed by atoms with E-state index in [4.69, 9.17) is 9.52 Å². The van der Waals surface area contributed by atoms with Gasteiger partial charge in [0.15, 0.2) is 0 Å². The van der Waals surface area contributed by atoms with Crippen LogP contribution in [0.15, 0.2) is 47.3 Å². The van der Waals surface area contributed by atoms with Crippen molar-refractivity contribution in [1.82, 2.24) is 9.55 Å². The van der Waals surface area contributed by atoms with Crippen molar-refractivity contribution in [1.29, 1.82) is 0 Å². The van der Waals surface area contributed by atoms with Crippen molar-refractivity contribution in [2.45, 2.75) is 12.3 Å². The van der Waals surface area contributed by atoms with Gasteiger partial charge in [-0.2, -0.15) is 0 Å². The lowest BCUT2D eigenvalue weighted by molar-refractivity contribution is -0.140. The maximum atomic E-state index is 11.2. The zero-order valence-corrected chi connectivity index (χ0v) is 11.0. The summed E-state index contributed by atoms with van der Waals surface area (Å²) in [5.41, 5.74) is 2.41. The van der Waals surface area contributed by atoms with Crippen molar-refractivity contribution < 1.29 is 19.1 Å². The number of carbonyl (C=O) groups excluding carboxylic acids is 1. The fraction of sp³-hybridized carbons (Fsp3) is 0.133. The number of carboxylic acid groups (broad SMARTS) is 1. The van der Waals surface area contributed by atoms with Crippen LogP contribution in [-0.2, 0) is 9.59 Å². The molecule has 2 heterocycles. The van der Waals surface area contributed by atoms with Gasteiger partial charge in [-0.1, -0.05) is 12.1 Å². The first-order valence-corrected chi connectivity index (χ1v) is 6.38. The van der Waals surface area contributed by atoms with E-state index >= 15 is 0 Å². The molecule has 3 rings (SSSR count). The lowest BCUT2D eigenvalue weighted by Crippen LogP contribution is -2.11. The van der Waals surface area contributed by atoms with Crippen molar-refractivity contribution >= 4 is 23.3 Å². The molecule has 1 aromatic carbocycles. The van der Waals surface area contributed by atoms with Crippen molar-refractivity contribution in [2.24, 2.45) is 0 Å². The highest BCUT2D eigenvalue weighted by atomic mass is 16.4. The normalized spacial score (nSPS) is 12.4. The van der Waals surface area contributed by atoms with Gasteiger partial charge in [-0.3, -0.25) is 9.36 Å². The molecule has 0 radical (unpaired) electrons. The number of carbonyl (C=O) groups is 2. The first-order chi connectivity index (χ1) is 10.2. The second kappa shape index (κ2) is 5.24. The molecule has 3 aromatic rings. The van der Waals surface area contributed by atoms with E-state index in [-0.39, 0.29) is 12.2 Å². The summed E-state index contributed by atoms with van der Waals surface area (Å²) >= 11 is 0. The first-order valence-electron chi connectivity index (χ1n) is 6.38. The van der Waals surface area contributed by atoms with E-state index < -0.39 is 11.9 Å². The van der Waals surface area contributed by atoms with Crippen LogP contribution in [0.5, 0.6) is 0 Å². The Morgan fingerprint density at radius 3 is 3.00 bits per heavy atom. The second-order valence-corrected chi connectivity index (χ2v) is 4.60. The average molecular weight is 284 g/mol. The zero-order chi connectivity index (χ0) is 14.8. The van der Waals surface area contributed by atoms with Crippen LogP contribution in [0.4, 0.5) is 0 Å². The Morgan fingerprint density at radius 1 is 1.43 bits per heavy atom. The molecule has 0 amide bonds. The topological polar surface area (TPSA) is 85.3 Å². The number of aromatic nitrogens is 2. The van der Waals surface area contributed by atoms with Crippen LogP contribution in [0.1, 0.15) is 18.1 Å². The lowest BCUT2D eigenvalue weighted by atomic mass is 10.0. The number of rotatable bonds is 5. The van der Waals surface area contributed by atoms with Crippen molar-refractivity contribution in [3.8, 4) is 5.69 Å². The number of hydrogen-bond donors (Lipinski definition) is 1. The summed E-state index contributed by atoms with van der Waals surface area (Å²) in [6.45, 7) is 0. The standard InChI is InChI=1S/C15H12N2O4/c18-6-5-11(15(19)20)14-7-10(8-21-14)17-9-16-12-3-1-2-4-13(12)17/h1-4,6-9,11H,5H2,(H,19,20). The number of aldehydes is 1. The fourth-order valence-electron chi connectivity index (χ4n) is 2.25. The van der Waals surface area contributed by atoms with Crippen molar-refractivity contribution in [3.63, 3.8) is 0 Å². The largest absolute Gasteiger partial charge is 0.481 e. The van der Waals surface area contributed by atoms with Crippen LogP contribution < -0.4 is 0 Å². The number of fused-ring (bicyclic) bond motifs is 1. The average Bonchev–Trinajstić information content (AvgIpc) is 3.10. The van der Waals surface area contributed by atoms with Gasteiger partial charge < -0.3 is 14.3 Å². The molecule has 0 fully saturated rings. The second-order valence-electron chi connectivity index (χ2n) is 4.60. The Bertz CT molecular complexity index is 803. The van der Waals surface area contributed by atoms with Gasteiger partial charge in [0.25, 0.3) is 0 Å². The Hall–Kier alpha value is -2.89. The molecule has 1 N–H and O–H groups in total. The number of imidazole rings is 1. The van der Waals surface area contributed by atoms with Gasteiger partial charge in [0.05, 0.1) is 16.7 Å². The van der Waals surface area contributed by atoms with Gasteiger partial charge in [-0.15, -0.1) is 0 Å². The molecular weight excluding hydrogens is 272 g/mol. The molecule has 0 aliphatic heterocycles. The van der Waals surface area contributed by atoms with Crippen molar-refractivity contribution in [3.05, 3.63) is 48.7 Å². The quantitative estimate of drug-likeness (QED) is 0.727. The van der Waals surface area contributed by atoms with Crippen LogP contribution in [-0.4, -0.2) is 26.9 Å². The van der Waals surface area contributed by atoms with Gasteiger partial charge >= 0.3 is 5.97 Å². The minimum absolute atomic E-state index is 0.118. The number of para-hydroxylation sites is 2. The van der Waals surface area contributed by atoms with E-state index in [9.17, 15) is 9.59 Å². The molecule has 0 spiro atoms. The molecule has 21 heavy (non-hydrogen) atoms. The maximum absolute atomic E-state index is 11.2. The third kappa shape index (κ3) is 2.31. The molecule has 2 aromatic heterocycles. The van der Waals surface area contributed by atoms with Crippen LogP contribution in [0, 0.1) is 0 Å². The molecule has 0 bridgehead atoms. The summed E-state index contributed by atoms with van der Waals surface area (Å²) in [6, 6.07) is 9.21. The molecular formula is C15H12N2O4. The lowest BCUT2D eigenvalue weighted by Gasteiger charge is -2.04. The molecule has 6 nitrogen and oxygen atoms in total. The summed E-state index contributed by atoms with van der Waals surface area (Å²) in [6.07, 6.45) is 3.57. The predicted molar refractivity (Wildman–Crippen MR) is 74.4 cm³/mol. The minimum atomic E-state index is -1.08. The number of furan rings is 1. The summed E-state index contributed by atoms with van der Waals surface area (Å²) in [7, 11) is 0. The monoisotopic (exact) mass is 284 g/mol. The van der Waals surface area contributed by atoms with E-state index in [1.807, 2.05) is 28.8 Å². The van der Waals surface area contributed by atoms with E-state index in [1.54, 1.807) is 12.4 Å². The van der Waals surface area contributed by atoms with E-state index in [2.05, 4.69) is 4.98 Å². The Balaban J connectivity index is 2.01. The van der Waals surface area contributed by atoms with Gasteiger partial charge in [-0.25, -0.2) is 4.98 Å². The minimum Gasteiger partial charge on any atom is -0.481 e. The van der Waals surface area contributed by atoms with Crippen LogP contribution in [0.2, 0.25) is 0 Å². The summed E-state index contributed by atoms with van der Waals surface area (Å²) in [5.74, 6) is -1.80. The molecule has 6 heteroatoms. The predicted octanol–water partition coefficient (Wildman–Crippen LogP) is 2.38. The summed E-state index contributed by atoms with van der Waals surface area (Å²) in [4.78, 5) is 26.0. The Kier molecular flexibility index (Phi) is 3.27. The highest BCUT2D eigenvalue weighted by Gasteiger charge is 2.23. The molecule has 0 aliphatic carbocycles. The fourth-order valence-corrected chi connectivity index (χ4v) is 2.25.